The van der Waals surface area contributed by atoms with Crippen LogP contribution in [0.4, 0.5) is 0 Å². The zero-order chi connectivity index (χ0) is 16.1. The number of benzene rings is 1. The molecule has 0 radical (unpaired) electrons. The van der Waals surface area contributed by atoms with Gasteiger partial charge >= 0.3 is 0 Å². The number of nitrogens with one attached hydrogen (secondary N) is 1. The van der Waals surface area contributed by atoms with E-state index in [9.17, 15) is 4.79 Å². The fraction of sp³-hybridized carbons (Fsp3) is 0.333. The lowest BCUT2D eigenvalue weighted by Gasteiger charge is -2.14. The van der Waals surface area contributed by atoms with Gasteiger partial charge in [-0.1, -0.05) is 38.1 Å². The van der Waals surface area contributed by atoms with Crippen LogP contribution in [0.1, 0.15) is 52.9 Å². The molecule has 116 valence electrons. The van der Waals surface area contributed by atoms with Gasteiger partial charge < -0.3 is 11.1 Å². The Kier molecular flexibility index (Phi) is 5.28. The summed E-state index contributed by atoms with van der Waals surface area (Å²) < 4.78 is 0. The van der Waals surface area contributed by atoms with Gasteiger partial charge in [-0.05, 0) is 35.6 Å². The smallest absolute Gasteiger partial charge is 0.252 e. The summed E-state index contributed by atoms with van der Waals surface area (Å²) >= 11 is 0. The Hall–Kier alpha value is -2.20. The van der Waals surface area contributed by atoms with Crippen LogP contribution in [0.5, 0.6) is 0 Å². The van der Waals surface area contributed by atoms with Gasteiger partial charge in [0.05, 0.1) is 5.56 Å². The lowest BCUT2D eigenvalue weighted by atomic mass is 9.99. The molecule has 0 bridgehead atoms. The van der Waals surface area contributed by atoms with Crippen LogP contribution in [-0.4, -0.2) is 17.4 Å². The third-order valence-corrected chi connectivity index (χ3v) is 3.65. The van der Waals surface area contributed by atoms with Gasteiger partial charge in [0, 0.05) is 25.0 Å². The van der Waals surface area contributed by atoms with Gasteiger partial charge in [-0.2, -0.15) is 0 Å². The summed E-state index contributed by atoms with van der Waals surface area (Å²) in [5.74, 6) is 0.351. The molecule has 0 saturated carbocycles. The van der Waals surface area contributed by atoms with E-state index in [1.54, 1.807) is 12.4 Å². The van der Waals surface area contributed by atoms with Crippen molar-refractivity contribution in [2.45, 2.75) is 32.7 Å². The van der Waals surface area contributed by atoms with E-state index in [0.717, 1.165) is 11.1 Å². The molecule has 2 rings (SSSR count). The van der Waals surface area contributed by atoms with Crippen molar-refractivity contribution in [3.8, 4) is 0 Å². The highest BCUT2D eigenvalue weighted by Crippen LogP contribution is 2.17. The summed E-state index contributed by atoms with van der Waals surface area (Å²) in [6, 6.07) is 9.83. The zero-order valence-electron chi connectivity index (χ0n) is 13.3. The number of nitrogens with zero attached hydrogens (tertiary/aromatic N) is 1. The van der Waals surface area contributed by atoms with Crippen molar-refractivity contribution in [3.63, 3.8) is 0 Å². The number of aryl methyl sites for hydroxylation is 1. The Morgan fingerprint density at radius 1 is 1.18 bits per heavy atom. The van der Waals surface area contributed by atoms with E-state index in [1.807, 2.05) is 25.1 Å². The average Bonchev–Trinajstić information content (AvgIpc) is 2.52. The van der Waals surface area contributed by atoms with Gasteiger partial charge in [-0.3, -0.25) is 9.78 Å². The number of aromatic nitrogens is 1. The first kappa shape index (κ1) is 16.2. The molecule has 1 aromatic carbocycles. The van der Waals surface area contributed by atoms with E-state index in [-0.39, 0.29) is 11.9 Å². The molecular formula is C18H23N3O. The molecule has 1 heterocycles. The second-order valence-corrected chi connectivity index (χ2v) is 5.89. The average molecular weight is 297 g/mol. The normalized spacial score (nSPS) is 12.2. The van der Waals surface area contributed by atoms with Crippen molar-refractivity contribution in [2.75, 3.05) is 6.54 Å². The van der Waals surface area contributed by atoms with Crippen LogP contribution in [0, 0.1) is 6.92 Å². The van der Waals surface area contributed by atoms with Gasteiger partial charge in [0.25, 0.3) is 5.91 Å². The molecule has 22 heavy (non-hydrogen) atoms. The maximum Gasteiger partial charge on any atom is 0.252 e. The molecule has 0 aliphatic rings. The Bertz CT molecular complexity index is 635. The molecule has 1 aromatic heterocycles. The van der Waals surface area contributed by atoms with E-state index >= 15 is 0 Å². The van der Waals surface area contributed by atoms with E-state index in [4.69, 9.17) is 5.73 Å². The van der Waals surface area contributed by atoms with Crippen molar-refractivity contribution in [3.05, 3.63) is 65.0 Å². The highest BCUT2D eigenvalue weighted by Gasteiger charge is 2.10. The van der Waals surface area contributed by atoms with Gasteiger partial charge in [-0.15, -0.1) is 0 Å². The summed E-state index contributed by atoms with van der Waals surface area (Å²) in [6.07, 6.45) is 3.28. The second-order valence-electron chi connectivity index (χ2n) is 5.89. The summed E-state index contributed by atoms with van der Waals surface area (Å²) in [6.45, 7) is 6.62. The van der Waals surface area contributed by atoms with Crippen molar-refractivity contribution in [2.24, 2.45) is 5.73 Å². The molecule has 0 fully saturated rings. The molecule has 0 spiro atoms. The van der Waals surface area contributed by atoms with Crippen LogP contribution in [0.15, 0.2) is 42.7 Å². The molecule has 3 N–H and O–H groups in total. The number of carbonyl (C=O) groups excluding carboxylic acids is 1. The molecule has 4 nitrogen and oxygen atoms in total. The van der Waals surface area contributed by atoms with E-state index in [0.29, 0.717) is 18.0 Å². The van der Waals surface area contributed by atoms with Crippen LogP contribution < -0.4 is 11.1 Å². The first-order chi connectivity index (χ1) is 10.5. The topological polar surface area (TPSA) is 68.0 Å². The van der Waals surface area contributed by atoms with Crippen molar-refractivity contribution in [1.29, 1.82) is 0 Å². The van der Waals surface area contributed by atoms with Crippen molar-refractivity contribution in [1.82, 2.24) is 10.3 Å². The fourth-order valence-electron chi connectivity index (χ4n) is 2.23. The third kappa shape index (κ3) is 4.15. The zero-order valence-corrected chi connectivity index (χ0v) is 13.3. The van der Waals surface area contributed by atoms with Crippen LogP contribution in [0.25, 0.3) is 0 Å². The minimum atomic E-state index is -0.220. The molecule has 0 aliphatic carbocycles. The largest absolute Gasteiger partial charge is 0.350 e. The minimum Gasteiger partial charge on any atom is -0.350 e. The molecule has 2 aromatic rings. The predicted molar refractivity (Wildman–Crippen MR) is 88.8 cm³/mol. The minimum absolute atomic E-state index is 0.148. The van der Waals surface area contributed by atoms with Gasteiger partial charge in [0.15, 0.2) is 0 Å². The highest BCUT2D eigenvalue weighted by atomic mass is 16.1. The van der Waals surface area contributed by atoms with Crippen LogP contribution >= 0.6 is 0 Å². The van der Waals surface area contributed by atoms with Gasteiger partial charge in [0.2, 0.25) is 0 Å². The summed E-state index contributed by atoms with van der Waals surface area (Å²) in [7, 11) is 0. The monoisotopic (exact) mass is 297 g/mol. The van der Waals surface area contributed by atoms with Crippen LogP contribution in [-0.2, 0) is 0 Å². The van der Waals surface area contributed by atoms with E-state index in [1.165, 1.54) is 5.56 Å². The second kappa shape index (κ2) is 7.18. The summed E-state index contributed by atoms with van der Waals surface area (Å²) in [5.41, 5.74) is 9.97. The highest BCUT2D eigenvalue weighted by molar-refractivity contribution is 5.94. The number of carbonyl (C=O) groups is 1. The Labute approximate surface area is 131 Å². The first-order valence-electron chi connectivity index (χ1n) is 7.52. The Morgan fingerprint density at radius 2 is 1.82 bits per heavy atom. The third-order valence-electron chi connectivity index (χ3n) is 3.65. The van der Waals surface area contributed by atoms with Crippen molar-refractivity contribution < 1.29 is 4.79 Å². The van der Waals surface area contributed by atoms with Gasteiger partial charge in [0.1, 0.15) is 0 Å². The van der Waals surface area contributed by atoms with Crippen molar-refractivity contribution >= 4 is 5.91 Å². The molecule has 0 saturated heterocycles. The number of amides is 1. The number of nitrogens with two attached hydrogens (primary N) is 1. The maximum atomic E-state index is 12.1. The SMILES string of the molecule is Cc1cncc(C(=O)NCC(N)c2ccc(C(C)C)cc2)c1. The standard InChI is InChI=1S/C18H23N3O/c1-12(2)14-4-6-15(7-5-14)17(19)11-21-18(22)16-8-13(3)9-20-10-16/h4-10,12,17H,11,19H2,1-3H3,(H,21,22). The molecule has 4 heteroatoms. The Balaban J connectivity index is 1.94. The fourth-order valence-corrected chi connectivity index (χ4v) is 2.23. The number of rotatable bonds is 5. The number of hydrogen-bond acceptors (Lipinski definition) is 3. The first-order valence-corrected chi connectivity index (χ1v) is 7.52. The van der Waals surface area contributed by atoms with Gasteiger partial charge in [-0.25, -0.2) is 0 Å². The number of pyridine rings is 1. The van der Waals surface area contributed by atoms with Crippen LogP contribution in [0.3, 0.4) is 0 Å². The summed E-state index contributed by atoms with van der Waals surface area (Å²) in [4.78, 5) is 16.1. The summed E-state index contributed by atoms with van der Waals surface area (Å²) in [5, 5.41) is 2.86. The van der Waals surface area contributed by atoms with Crippen LogP contribution in [0.2, 0.25) is 0 Å². The van der Waals surface area contributed by atoms with E-state index < -0.39 is 0 Å². The lowest BCUT2D eigenvalue weighted by Crippen LogP contribution is -2.32. The lowest BCUT2D eigenvalue weighted by molar-refractivity contribution is 0.0950. The molecular weight excluding hydrogens is 274 g/mol. The Morgan fingerprint density at radius 3 is 2.41 bits per heavy atom. The predicted octanol–water partition coefficient (Wildman–Crippen LogP) is 2.94. The molecule has 1 atom stereocenters. The molecule has 1 amide bonds. The number of hydrogen-bond donors (Lipinski definition) is 2. The maximum absolute atomic E-state index is 12.1. The molecule has 1 unspecified atom stereocenters. The van der Waals surface area contributed by atoms with E-state index in [2.05, 4.69) is 36.3 Å². The quantitative estimate of drug-likeness (QED) is 0.891. The molecule has 0 aliphatic heterocycles.